The molecule has 0 saturated heterocycles. The molecule has 0 amide bonds. The molecule has 0 radical (unpaired) electrons. The molecule has 0 nitrogen and oxygen atoms in total. The minimum absolute atomic E-state index is 0.388. The smallest absolute Gasteiger partial charge is 0.0159 e. The zero-order valence-corrected chi connectivity index (χ0v) is 28.0. The molecule has 1 aromatic carbocycles. The van der Waals surface area contributed by atoms with Gasteiger partial charge < -0.3 is 0 Å². The Labute approximate surface area is 241 Å². The summed E-state index contributed by atoms with van der Waals surface area (Å²) in [7, 11) is 0. The Balaban J connectivity index is 3.84. The first-order valence-corrected chi connectivity index (χ1v) is 17.2. The fraction of sp³-hybridized carbons (Fsp3) is 0.842. The van der Waals surface area contributed by atoms with Crippen molar-refractivity contribution in [2.75, 3.05) is 0 Å². The van der Waals surface area contributed by atoms with Crippen molar-refractivity contribution in [2.24, 2.45) is 21.7 Å². The molecule has 0 fully saturated rings. The van der Waals surface area contributed by atoms with E-state index < -0.39 is 0 Å². The molecular weight excluding hydrogens is 456 g/mol. The van der Waals surface area contributed by atoms with E-state index in [4.69, 9.17) is 0 Å². The Kier molecular flexibility index (Phi) is 15.9. The van der Waals surface area contributed by atoms with Gasteiger partial charge >= 0.3 is 0 Å². The molecule has 38 heavy (non-hydrogen) atoms. The largest absolute Gasteiger partial charge is 0.0654 e. The fourth-order valence-corrected chi connectivity index (χ4v) is 8.48. The van der Waals surface area contributed by atoms with Gasteiger partial charge in [0.15, 0.2) is 0 Å². The number of hydrogen-bond donors (Lipinski definition) is 0. The summed E-state index contributed by atoms with van der Waals surface area (Å²) in [6.07, 6.45) is 23.1. The van der Waals surface area contributed by atoms with Crippen LogP contribution in [0.5, 0.6) is 0 Å². The number of benzene rings is 1. The van der Waals surface area contributed by atoms with Crippen LogP contribution in [-0.4, -0.2) is 0 Å². The molecule has 0 heterocycles. The van der Waals surface area contributed by atoms with Crippen molar-refractivity contribution in [1.29, 1.82) is 0 Å². The van der Waals surface area contributed by atoms with E-state index in [2.05, 4.69) is 99.6 Å². The highest BCUT2D eigenvalue weighted by Crippen LogP contribution is 2.59. The fourth-order valence-electron chi connectivity index (χ4n) is 8.48. The maximum absolute atomic E-state index is 2.52. The summed E-state index contributed by atoms with van der Waals surface area (Å²) in [6.45, 7) is 24.8. The maximum Gasteiger partial charge on any atom is -0.0159 e. The van der Waals surface area contributed by atoms with Gasteiger partial charge in [0.2, 0.25) is 0 Å². The van der Waals surface area contributed by atoms with Crippen molar-refractivity contribution < 1.29 is 0 Å². The number of unbranched alkanes of at least 4 members (excludes halogenated alkanes) is 2. The van der Waals surface area contributed by atoms with Crippen LogP contribution in [0.2, 0.25) is 0 Å². The van der Waals surface area contributed by atoms with E-state index in [0.717, 1.165) is 0 Å². The van der Waals surface area contributed by atoms with Crippen LogP contribution in [0.15, 0.2) is 30.3 Å². The van der Waals surface area contributed by atoms with E-state index in [-0.39, 0.29) is 0 Å². The van der Waals surface area contributed by atoms with E-state index in [1.165, 1.54) is 109 Å². The monoisotopic (exact) mass is 527 g/mol. The van der Waals surface area contributed by atoms with Crippen LogP contribution in [0.3, 0.4) is 0 Å². The van der Waals surface area contributed by atoms with Crippen molar-refractivity contribution >= 4 is 0 Å². The topological polar surface area (TPSA) is 0 Å². The van der Waals surface area contributed by atoms with Gasteiger partial charge in [-0.05, 0) is 71.7 Å². The molecule has 0 bridgehead atoms. The highest BCUT2D eigenvalue weighted by Gasteiger charge is 2.47. The molecule has 1 rings (SSSR count). The summed E-state index contributed by atoms with van der Waals surface area (Å²) in [5.74, 6) is 0.657. The molecule has 0 N–H and O–H groups in total. The quantitative estimate of drug-likeness (QED) is 0.132. The van der Waals surface area contributed by atoms with Gasteiger partial charge in [-0.3, -0.25) is 0 Å². The third kappa shape index (κ3) is 9.41. The normalized spacial score (nSPS) is 14.2. The molecule has 0 aliphatic rings. The second-order valence-corrected chi connectivity index (χ2v) is 13.5. The van der Waals surface area contributed by atoms with Crippen molar-refractivity contribution in [3.8, 4) is 0 Å². The van der Waals surface area contributed by atoms with Crippen LogP contribution in [-0.2, 0) is 0 Å². The van der Waals surface area contributed by atoms with Crippen molar-refractivity contribution in [1.82, 2.24) is 0 Å². The number of rotatable bonds is 22. The molecule has 0 aromatic heterocycles. The summed E-state index contributed by atoms with van der Waals surface area (Å²) in [4.78, 5) is 0. The molecule has 0 aliphatic carbocycles. The zero-order chi connectivity index (χ0) is 28.7. The molecule has 0 aliphatic heterocycles. The molecular formula is C38H70. The van der Waals surface area contributed by atoms with Gasteiger partial charge in [0.1, 0.15) is 0 Å². The van der Waals surface area contributed by atoms with Crippen molar-refractivity contribution in [3.63, 3.8) is 0 Å². The average Bonchev–Trinajstić information content (AvgIpc) is 2.97. The summed E-state index contributed by atoms with van der Waals surface area (Å²) >= 11 is 0. The lowest BCUT2D eigenvalue weighted by molar-refractivity contribution is -0.0144. The first-order chi connectivity index (χ1) is 18.2. The van der Waals surface area contributed by atoms with E-state index in [0.29, 0.717) is 27.6 Å². The molecule has 222 valence electrons. The minimum atomic E-state index is 0.388. The Hall–Kier alpha value is -0.780. The van der Waals surface area contributed by atoms with Crippen molar-refractivity contribution in [2.45, 2.75) is 184 Å². The van der Waals surface area contributed by atoms with Crippen LogP contribution in [0.1, 0.15) is 190 Å². The Morgan fingerprint density at radius 1 is 0.500 bits per heavy atom. The molecule has 1 atom stereocenters. The molecule has 1 aromatic rings. The van der Waals surface area contributed by atoms with Gasteiger partial charge in [-0.1, -0.05) is 170 Å². The summed E-state index contributed by atoms with van der Waals surface area (Å²) in [5.41, 5.74) is 3.37. The molecule has 0 saturated carbocycles. The predicted octanol–water partition coefficient (Wildman–Crippen LogP) is 13.5. The number of hydrogen-bond acceptors (Lipinski definition) is 0. The Morgan fingerprint density at radius 2 is 0.921 bits per heavy atom. The summed E-state index contributed by atoms with van der Waals surface area (Å²) in [5, 5.41) is 0. The zero-order valence-electron chi connectivity index (χ0n) is 28.0. The van der Waals surface area contributed by atoms with Crippen LogP contribution in [0.4, 0.5) is 0 Å². The predicted molar refractivity (Wildman–Crippen MR) is 174 cm³/mol. The van der Waals surface area contributed by atoms with E-state index in [1.807, 2.05) is 0 Å². The molecule has 0 heteroatoms. The van der Waals surface area contributed by atoms with Crippen molar-refractivity contribution in [3.05, 3.63) is 35.9 Å². The Morgan fingerprint density at radius 3 is 1.29 bits per heavy atom. The third-order valence-corrected chi connectivity index (χ3v) is 12.0. The average molecular weight is 527 g/mol. The van der Waals surface area contributed by atoms with E-state index in [9.17, 15) is 0 Å². The maximum atomic E-state index is 2.52. The van der Waals surface area contributed by atoms with E-state index >= 15 is 0 Å². The van der Waals surface area contributed by atoms with Gasteiger partial charge in [-0.25, -0.2) is 0 Å². The lowest BCUT2D eigenvalue weighted by atomic mass is 9.52. The van der Waals surface area contributed by atoms with Crippen LogP contribution in [0.25, 0.3) is 0 Å². The van der Waals surface area contributed by atoms with Crippen LogP contribution in [0, 0.1) is 21.7 Å². The molecule has 0 spiro atoms. The standard InChI is InChI=1S/C38H70/c1-11-21-25-28-37(19-9,20-10)32-38(30-35(13-3,14-4)15-5,31-36(16-6,17-7)18-8)29-33(12-2)34-26-23-22-24-27-34/h22-24,26-27,33H,11-21,25,28-32H2,1-10H3. The van der Waals surface area contributed by atoms with Crippen LogP contribution < -0.4 is 0 Å². The second-order valence-electron chi connectivity index (χ2n) is 13.5. The summed E-state index contributed by atoms with van der Waals surface area (Å²) in [6, 6.07) is 11.6. The van der Waals surface area contributed by atoms with Gasteiger partial charge in [-0.2, -0.15) is 0 Å². The van der Waals surface area contributed by atoms with Gasteiger partial charge in [-0.15, -0.1) is 0 Å². The lowest BCUT2D eigenvalue weighted by Crippen LogP contribution is -2.41. The lowest BCUT2D eigenvalue weighted by Gasteiger charge is -2.53. The molecule has 1 unspecified atom stereocenters. The minimum Gasteiger partial charge on any atom is -0.0654 e. The third-order valence-electron chi connectivity index (χ3n) is 12.0. The highest BCUT2D eigenvalue weighted by molar-refractivity contribution is 5.20. The van der Waals surface area contributed by atoms with Gasteiger partial charge in [0.05, 0.1) is 0 Å². The highest BCUT2D eigenvalue weighted by atomic mass is 14.5. The van der Waals surface area contributed by atoms with Gasteiger partial charge in [0, 0.05) is 0 Å². The van der Waals surface area contributed by atoms with Gasteiger partial charge in [0.25, 0.3) is 0 Å². The first-order valence-electron chi connectivity index (χ1n) is 17.2. The van der Waals surface area contributed by atoms with E-state index in [1.54, 1.807) is 5.56 Å². The summed E-state index contributed by atoms with van der Waals surface area (Å²) < 4.78 is 0. The SMILES string of the molecule is CCCCCC(CC)(CC)CC(CC(CC)c1ccccc1)(CC(CC)(CC)CC)CC(CC)(CC)CC. The Bertz CT molecular complexity index is 662. The second kappa shape index (κ2) is 17.1. The van der Waals surface area contributed by atoms with Crippen LogP contribution >= 0.6 is 0 Å². The first kappa shape index (κ1) is 35.2.